The van der Waals surface area contributed by atoms with Crippen molar-refractivity contribution in [1.82, 2.24) is 34.4 Å². The van der Waals surface area contributed by atoms with E-state index < -0.39 is 24.8 Å². The normalized spacial score (nSPS) is 20.9. The third-order valence-electron chi connectivity index (χ3n) is 10.8. The number of ether oxygens (including phenoxy) is 1. The first-order valence-electron chi connectivity index (χ1n) is 19.0. The molecule has 2 saturated heterocycles. The van der Waals surface area contributed by atoms with Gasteiger partial charge in [0.2, 0.25) is 0 Å². The fraction of sp³-hybridized carbons (Fsp3) is 0.286. The minimum Gasteiger partial charge on any atom is -0.352 e. The van der Waals surface area contributed by atoms with E-state index in [-0.39, 0.29) is 17.8 Å². The Morgan fingerprint density at radius 3 is 2.04 bits per heavy atom. The number of halogens is 1. The van der Waals surface area contributed by atoms with Gasteiger partial charge in [-0.1, -0.05) is 116 Å². The van der Waals surface area contributed by atoms with Gasteiger partial charge in [-0.15, -0.1) is 0 Å². The molecule has 57 heavy (non-hydrogen) atoms. The van der Waals surface area contributed by atoms with E-state index >= 15 is 0 Å². The van der Waals surface area contributed by atoms with Crippen LogP contribution in [0.15, 0.2) is 134 Å². The zero-order chi connectivity index (χ0) is 39.4. The lowest BCUT2D eigenvalue weighted by Gasteiger charge is -2.51. The lowest BCUT2D eigenvalue weighted by atomic mass is 9.75. The number of hydrogen-bond donors (Lipinski definition) is 2. The highest BCUT2D eigenvalue weighted by atomic mass is 35.7. The van der Waals surface area contributed by atoms with Crippen LogP contribution in [0.3, 0.4) is 0 Å². The number of nitrogens with one attached hydrogen (secondary N) is 1. The average molecular weight is 807 g/mol. The number of likely N-dealkylation sites (N-methyl/N-ethyl adjacent to an activating group) is 1. The molecule has 0 spiro atoms. The van der Waals surface area contributed by atoms with Crippen LogP contribution in [0.1, 0.15) is 46.6 Å². The van der Waals surface area contributed by atoms with Crippen LogP contribution >= 0.6 is 18.2 Å². The minimum absolute atomic E-state index is 0.285. The monoisotopic (exact) mass is 806 g/mol. The number of hydroxylamine groups is 2. The van der Waals surface area contributed by atoms with Crippen molar-refractivity contribution in [2.75, 3.05) is 44.6 Å². The van der Waals surface area contributed by atoms with Crippen LogP contribution in [-0.4, -0.2) is 96.6 Å². The molecule has 1 amide bonds. The van der Waals surface area contributed by atoms with Gasteiger partial charge in [0.05, 0.1) is 24.0 Å². The molecule has 4 atom stereocenters. The van der Waals surface area contributed by atoms with E-state index in [1.807, 2.05) is 28.8 Å². The summed E-state index contributed by atoms with van der Waals surface area (Å²) in [5, 5.41) is 4.47. The molecule has 8 rings (SSSR count). The first-order valence-corrected chi connectivity index (χ1v) is 21.5. The third kappa shape index (κ3) is 8.29. The van der Waals surface area contributed by atoms with Crippen LogP contribution in [0.25, 0.3) is 11.2 Å². The first-order chi connectivity index (χ1) is 27.7. The molecule has 6 aromatic rings. The molecule has 2 aromatic heterocycles. The Labute approximate surface area is 336 Å². The van der Waals surface area contributed by atoms with E-state index in [4.69, 9.17) is 25.6 Å². The molecular weight excluding hydrogens is 763 g/mol. The summed E-state index contributed by atoms with van der Waals surface area (Å²) in [5.41, 5.74) is 3.86. The summed E-state index contributed by atoms with van der Waals surface area (Å²) in [4.78, 5) is 41.9. The Bertz CT molecular complexity index is 2220. The number of aromatic nitrogens is 4. The summed E-state index contributed by atoms with van der Waals surface area (Å²) in [5.74, 6) is -0.0263. The van der Waals surface area contributed by atoms with Crippen molar-refractivity contribution < 1.29 is 23.6 Å². The predicted octanol–water partition coefficient (Wildman–Crippen LogP) is 6.94. The maximum Gasteiger partial charge on any atom is 0.438 e. The van der Waals surface area contributed by atoms with E-state index in [1.54, 1.807) is 35.7 Å². The number of carbonyl (C=O) groups is 1. The number of nitrogens with zero attached hydrogens (tertiary/aromatic N) is 7. The second-order valence-corrected chi connectivity index (χ2v) is 16.6. The number of anilines is 1. The second kappa shape index (κ2) is 17.0. The van der Waals surface area contributed by atoms with Gasteiger partial charge < -0.3 is 19.8 Å². The highest BCUT2D eigenvalue weighted by Gasteiger charge is 2.47. The number of rotatable bonds is 12. The van der Waals surface area contributed by atoms with Gasteiger partial charge in [-0.25, -0.2) is 24.1 Å². The molecule has 2 N–H and O–H groups in total. The summed E-state index contributed by atoms with van der Waals surface area (Å²) in [6.45, 7) is 1.10. The topological polar surface area (TPSA) is 138 Å². The van der Waals surface area contributed by atoms with Gasteiger partial charge in [0.15, 0.2) is 17.0 Å². The molecule has 0 aliphatic carbocycles. The van der Waals surface area contributed by atoms with Crippen molar-refractivity contribution in [2.45, 2.75) is 37.3 Å². The first kappa shape index (κ1) is 39.0. The van der Waals surface area contributed by atoms with Crippen LogP contribution < -0.4 is 5.32 Å². The largest absolute Gasteiger partial charge is 0.438 e. The summed E-state index contributed by atoms with van der Waals surface area (Å²) in [6.07, 6.45) is 2.51. The lowest BCUT2D eigenvalue weighted by Crippen LogP contribution is -2.59. The molecule has 0 bridgehead atoms. The standard InChI is InChI=1S/C42H44ClN8O5P/c1-2-48-23-24-51(56-57(43,53)54)35(26-48)25-36-27-49(42(32-17-9-4-10-18-32,33-19-11-5-12-20-33)34-21-13-6-14-22-34)28-37(55-36)50-30-46-38-39(44-29-45-40(38)50)47-41(52)31-15-7-3-8-16-31/h3-22,29-30,35-37H,2,23-28H2,1H3,(H,53,54)(H,44,45,47,52)/t35?,36-,37+/m0/s1. The summed E-state index contributed by atoms with van der Waals surface area (Å²) < 4.78 is 26.9. The van der Waals surface area contributed by atoms with Gasteiger partial charge in [0.25, 0.3) is 5.91 Å². The van der Waals surface area contributed by atoms with Gasteiger partial charge >= 0.3 is 6.95 Å². The summed E-state index contributed by atoms with van der Waals surface area (Å²) in [6, 6.07) is 40.0. The number of carbonyl (C=O) groups excluding carboxylic acids is 1. The third-order valence-corrected chi connectivity index (χ3v) is 11.4. The fourth-order valence-corrected chi connectivity index (χ4v) is 9.02. The Morgan fingerprint density at radius 2 is 1.46 bits per heavy atom. The molecule has 0 radical (unpaired) electrons. The molecule has 2 fully saturated rings. The molecule has 15 heteroatoms. The number of benzene rings is 4. The Balaban J connectivity index is 1.24. The summed E-state index contributed by atoms with van der Waals surface area (Å²) in [7, 11) is 0. The van der Waals surface area contributed by atoms with Gasteiger partial charge in [-0.2, -0.15) is 5.06 Å². The van der Waals surface area contributed by atoms with Gasteiger partial charge in [0.1, 0.15) is 12.6 Å². The molecule has 2 aliphatic heterocycles. The Kier molecular flexibility index (Phi) is 11.6. The number of fused-ring (bicyclic) bond motifs is 1. The smallest absolute Gasteiger partial charge is 0.352 e. The van der Waals surface area contributed by atoms with Crippen LogP contribution in [0.4, 0.5) is 5.82 Å². The van der Waals surface area contributed by atoms with Crippen molar-refractivity contribution in [2.24, 2.45) is 0 Å². The van der Waals surface area contributed by atoms with E-state index in [0.29, 0.717) is 55.9 Å². The minimum atomic E-state index is -4.35. The van der Waals surface area contributed by atoms with E-state index in [1.165, 1.54) is 6.33 Å². The molecule has 4 aromatic carbocycles. The molecule has 4 heterocycles. The predicted molar refractivity (Wildman–Crippen MR) is 218 cm³/mol. The van der Waals surface area contributed by atoms with Crippen LogP contribution in [0.2, 0.25) is 0 Å². The van der Waals surface area contributed by atoms with Crippen molar-refractivity contribution in [3.63, 3.8) is 0 Å². The maximum absolute atomic E-state index is 13.2. The molecular formula is C42H44ClN8O5P. The molecule has 0 saturated carbocycles. The fourth-order valence-electron chi connectivity index (χ4n) is 8.31. The Morgan fingerprint density at radius 1 is 0.860 bits per heavy atom. The van der Waals surface area contributed by atoms with Crippen molar-refractivity contribution in [3.8, 4) is 0 Å². The van der Waals surface area contributed by atoms with Crippen LogP contribution in [0, 0.1) is 0 Å². The highest BCUT2D eigenvalue weighted by molar-refractivity contribution is 7.80. The van der Waals surface area contributed by atoms with Gasteiger partial charge in [-0.05, 0) is 41.8 Å². The highest BCUT2D eigenvalue weighted by Crippen LogP contribution is 2.50. The number of hydrogen-bond acceptors (Lipinski definition) is 10. The van der Waals surface area contributed by atoms with Crippen molar-refractivity contribution >= 4 is 41.1 Å². The maximum atomic E-state index is 13.2. The Hall–Kier alpha value is -4.82. The van der Waals surface area contributed by atoms with Crippen LogP contribution in [-0.2, 0) is 19.5 Å². The SMILES string of the molecule is CCN1CCN(OP(=O)(O)Cl)C(C[C@H]2CN(C(c3ccccc3)(c3ccccc3)c3ccccc3)C[C@H](n3cnc4c(NC(=O)c5ccccc5)ncnc43)O2)C1. The molecule has 2 unspecified atom stereocenters. The van der Waals surface area contributed by atoms with E-state index in [0.717, 1.165) is 23.2 Å². The van der Waals surface area contributed by atoms with Crippen molar-refractivity contribution in [3.05, 3.63) is 156 Å². The number of amides is 1. The zero-order valence-electron chi connectivity index (χ0n) is 31.4. The number of piperazine rings is 1. The molecule has 13 nitrogen and oxygen atoms in total. The quantitative estimate of drug-likeness (QED) is 0.0983. The van der Waals surface area contributed by atoms with E-state index in [9.17, 15) is 14.3 Å². The van der Waals surface area contributed by atoms with Gasteiger partial charge in [0, 0.05) is 49.5 Å². The zero-order valence-corrected chi connectivity index (χ0v) is 33.1. The molecule has 294 valence electrons. The lowest BCUT2D eigenvalue weighted by molar-refractivity contribution is -0.173. The summed E-state index contributed by atoms with van der Waals surface area (Å²) >= 11 is 5.80. The molecule has 2 aliphatic rings. The second-order valence-electron chi connectivity index (χ2n) is 14.2. The average Bonchev–Trinajstić information content (AvgIpc) is 3.68. The van der Waals surface area contributed by atoms with Crippen LogP contribution in [0.5, 0.6) is 0 Å². The van der Waals surface area contributed by atoms with E-state index in [2.05, 4.69) is 105 Å². The number of imidazole rings is 1. The van der Waals surface area contributed by atoms with Crippen molar-refractivity contribution in [1.29, 1.82) is 0 Å². The number of morpholine rings is 1. The van der Waals surface area contributed by atoms with Gasteiger partial charge in [-0.3, -0.25) is 14.3 Å².